The molecule has 0 N–H and O–H groups in total. The predicted octanol–water partition coefficient (Wildman–Crippen LogP) is 1.88. The van der Waals surface area contributed by atoms with Gasteiger partial charge in [-0.2, -0.15) is 8.42 Å². The number of hydrogen-bond acceptors (Lipinski definition) is 6. The van der Waals surface area contributed by atoms with Gasteiger partial charge in [0, 0.05) is 0 Å². The van der Waals surface area contributed by atoms with Gasteiger partial charge in [0.05, 0.1) is 24.3 Å². The van der Waals surface area contributed by atoms with E-state index in [1.165, 1.54) is 24.5 Å². The summed E-state index contributed by atoms with van der Waals surface area (Å²) in [5, 5.41) is 0. The molecule has 0 fully saturated rings. The van der Waals surface area contributed by atoms with Crippen LogP contribution in [-0.4, -0.2) is 24.6 Å². The summed E-state index contributed by atoms with van der Waals surface area (Å²) in [7, 11) is -3.54. The Morgan fingerprint density at radius 2 is 1.95 bits per heavy atom. The molecule has 20 heavy (non-hydrogen) atoms. The number of rotatable bonds is 5. The van der Waals surface area contributed by atoms with Gasteiger partial charge in [-0.25, -0.2) is 9.37 Å². The molecule has 2 rings (SSSR count). The highest BCUT2D eigenvalue weighted by atomic mass is 32.2. The summed E-state index contributed by atoms with van der Waals surface area (Å²) in [5.74, 6) is -0.390. The topological polar surface area (TPSA) is 78.4 Å². The maximum Gasteiger partial charge on any atom is 0.264 e. The van der Waals surface area contributed by atoms with E-state index in [9.17, 15) is 12.8 Å². The normalized spacial score (nSPS) is 11.3. The van der Waals surface area contributed by atoms with Gasteiger partial charge in [-0.1, -0.05) is 12.1 Å². The van der Waals surface area contributed by atoms with Crippen LogP contribution in [0.5, 0.6) is 11.6 Å². The molecule has 8 heteroatoms. The van der Waals surface area contributed by atoms with Crippen LogP contribution in [0.3, 0.4) is 0 Å². The first-order valence-electron chi connectivity index (χ1n) is 5.52. The minimum atomic E-state index is -3.54. The Bertz CT molecular complexity index is 689. The maximum absolute atomic E-state index is 13.3. The lowest BCUT2D eigenvalue weighted by Gasteiger charge is -2.05. The van der Waals surface area contributed by atoms with Crippen molar-refractivity contribution in [2.24, 2.45) is 0 Å². The lowest BCUT2D eigenvalue weighted by molar-refractivity contribution is 0.306. The molecular formula is C12H11FN2O4S. The molecule has 106 valence electrons. The van der Waals surface area contributed by atoms with Crippen molar-refractivity contribution < 1.29 is 21.7 Å². The van der Waals surface area contributed by atoms with Gasteiger partial charge in [-0.3, -0.25) is 9.17 Å². The average molecular weight is 298 g/mol. The molecule has 1 aromatic carbocycles. The van der Waals surface area contributed by atoms with Gasteiger partial charge in [-0.15, -0.1) is 0 Å². The van der Waals surface area contributed by atoms with E-state index in [-0.39, 0.29) is 18.2 Å². The third-order valence-corrected chi connectivity index (χ3v) is 2.70. The number of aromatic nitrogens is 2. The second-order valence-electron chi connectivity index (χ2n) is 3.84. The Morgan fingerprint density at radius 1 is 1.20 bits per heavy atom. The van der Waals surface area contributed by atoms with Gasteiger partial charge < -0.3 is 4.74 Å². The highest BCUT2D eigenvalue weighted by Gasteiger charge is 2.07. The van der Waals surface area contributed by atoms with Crippen molar-refractivity contribution in [2.75, 3.05) is 6.26 Å². The zero-order chi connectivity index (χ0) is 14.6. The zero-order valence-corrected chi connectivity index (χ0v) is 11.3. The first kappa shape index (κ1) is 14.4. The fraction of sp³-hybridized carbons (Fsp3) is 0.167. The number of ether oxygens (including phenoxy) is 1. The molecule has 0 atom stereocenters. The Balaban J connectivity index is 2.03. The molecule has 1 heterocycles. The standard InChI is InChI=1S/C12H11FN2O4S/c1-20(16,17)18-8-9-6-15-12(7-14-9)19-11-5-3-2-4-10(11)13/h2-7H,8H2,1H3. The van der Waals surface area contributed by atoms with Crippen molar-refractivity contribution >= 4 is 10.1 Å². The summed E-state index contributed by atoms with van der Waals surface area (Å²) in [4.78, 5) is 7.80. The highest BCUT2D eigenvalue weighted by Crippen LogP contribution is 2.21. The minimum absolute atomic E-state index is 0.0296. The molecule has 0 spiro atoms. The third-order valence-electron chi connectivity index (χ3n) is 2.15. The fourth-order valence-corrected chi connectivity index (χ4v) is 1.61. The molecule has 6 nitrogen and oxygen atoms in total. The summed E-state index contributed by atoms with van der Waals surface area (Å²) in [5.41, 5.74) is 0.316. The van der Waals surface area contributed by atoms with Crippen LogP contribution in [0.25, 0.3) is 0 Å². The maximum atomic E-state index is 13.3. The average Bonchev–Trinajstić information content (AvgIpc) is 2.40. The first-order valence-corrected chi connectivity index (χ1v) is 7.33. The number of nitrogens with zero attached hydrogens (tertiary/aromatic N) is 2. The van der Waals surface area contributed by atoms with Gasteiger partial charge in [0.15, 0.2) is 11.6 Å². The van der Waals surface area contributed by atoms with E-state index in [2.05, 4.69) is 14.2 Å². The van der Waals surface area contributed by atoms with E-state index >= 15 is 0 Å². The molecule has 0 aliphatic heterocycles. The van der Waals surface area contributed by atoms with E-state index in [4.69, 9.17) is 4.74 Å². The van der Waals surface area contributed by atoms with Crippen molar-refractivity contribution in [3.63, 3.8) is 0 Å². The van der Waals surface area contributed by atoms with Crippen molar-refractivity contribution in [1.82, 2.24) is 9.97 Å². The Labute approximate surface area is 115 Å². The molecule has 0 unspecified atom stereocenters. The SMILES string of the molecule is CS(=O)(=O)OCc1cnc(Oc2ccccc2F)cn1. The second-order valence-corrected chi connectivity index (χ2v) is 5.49. The monoisotopic (exact) mass is 298 g/mol. The fourth-order valence-electron chi connectivity index (χ4n) is 1.28. The lowest BCUT2D eigenvalue weighted by Crippen LogP contribution is -2.04. The van der Waals surface area contributed by atoms with Crippen molar-refractivity contribution in [1.29, 1.82) is 0 Å². The number of hydrogen-bond donors (Lipinski definition) is 0. The Kier molecular flexibility index (Phi) is 4.26. The van der Waals surface area contributed by atoms with Gasteiger partial charge in [0.2, 0.25) is 5.88 Å². The first-order chi connectivity index (χ1) is 9.44. The molecule has 0 amide bonds. The van der Waals surface area contributed by atoms with Crippen LogP contribution in [0.2, 0.25) is 0 Å². The number of benzene rings is 1. The lowest BCUT2D eigenvalue weighted by atomic mass is 10.3. The Morgan fingerprint density at radius 3 is 2.55 bits per heavy atom. The molecular weight excluding hydrogens is 287 g/mol. The summed E-state index contributed by atoms with van der Waals surface area (Å²) >= 11 is 0. The molecule has 2 aromatic rings. The van der Waals surface area contributed by atoms with Crippen molar-refractivity contribution in [2.45, 2.75) is 6.61 Å². The number of halogens is 1. The molecule has 0 aliphatic rings. The van der Waals surface area contributed by atoms with Gasteiger partial charge in [0.1, 0.15) is 6.61 Å². The van der Waals surface area contributed by atoms with E-state index in [1.54, 1.807) is 12.1 Å². The van der Waals surface area contributed by atoms with Gasteiger partial charge in [0.25, 0.3) is 10.1 Å². The smallest absolute Gasteiger partial charge is 0.264 e. The van der Waals surface area contributed by atoms with Crippen LogP contribution in [0.1, 0.15) is 5.69 Å². The molecule has 0 saturated heterocycles. The van der Waals surface area contributed by atoms with Crippen LogP contribution in [-0.2, 0) is 20.9 Å². The van der Waals surface area contributed by atoms with E-state index < -0.39 is 15.9 Å². The van der Waals surface area contributed by atoms with E-state index in [1.807, 2.05) is 0 Å². The van der Waals surface area contributed by atoms with Crippen LogP contribution in [0.15, 0.2) is 36.7 Å². The van der Waals surface area contributed by atoms with Crippen molar-refractivity contribution in [3.05, 3.63) is 48.2 Å². The van der Waals surface area contributed by atoms with Crippen LogP contribution in [0.4, 0.5) is 4.39 Å². The molecule has 0 saturated carbocycles. The number of para-hydroxylation sites is 1. The summed E-state index contributed by atoms with van der Waals surface area (Å²) in [6.45, 7) is -0.216. The predicted molar refractivity (Wildman–Crippen MR) is 68.1 cm³/mol. The minimum Gasteiger partial charge on any atom is -0.434 e. The third kappa shape index (κ3) is 4.25. The largest absolute Gasteiger partial charge is 0.434 e. The van der Waals surface area contributed by atoms with Crippen LogP contribution >= 0.6 is 0 Å². The van der Waals surface area contributed by atoms with Crippen LogP contribution in [0, 0.1) is 5.82 Å². The van der Waals surface area contributed by atoms with Crippen LogP contribution < -0.4 is 4.74 Å². The quantitative estimate of drug-likeness (QED) is 0.784. The Hall–Kier alpha value is -2.06. The second kappa shape index (κ2) is 5.93. The highest BCUT2D eigenvalue weighted by molar-refractivity contribution is 7.85. The molecule has 0 radical (unpaired) electrons. The molecule has 0 aliphatic carbocycles. The van der Waals surface area contributed by atoms with Gasteiger partial charge in [-0.05, 0) is 12.1 Å². The summed E-state index contributed by atoms with van der Waals surface area (Å²) < 4.78 is 44.7. The van der Waals surface area contributed by atoms with Gasteiger partial charge >= 0.3 is 0 Å². The van der Waals surface area contributed by atoms with E-state index in [0.29, 0.717) is 5.69 Å². The molecule has 0 bridgehead atoms. The van der Waals surface area contributed by atoms with Crippen molar-refractivity contribution in [3.8, 4) is 11.6 Å². The van der Waals surface area contributed by atoms with E-state index in [0.717, 1.165) is 6.26 Å². The summed E-state index contributed by atoms with van der Waals surface area (Å²) in [6, 6.07) is 5.88. The zero-order valence-electron chi connectivity index (χ0n) is 10.5. The molecule has 1 aromatic heterocycles. The summed E-state index contributed by atoms with van der Waals surface area (Å²) in [6.07, 6.45) is 3.49.